The molecule has 0 saturated heterocycles. The number of hydrogen-bond donors (Lipinski definition) is 0. The van der Waals surface area contributed by atoms with E-state index in [0.29, 0.717) is 0 Å². The zero-order valence-corrected chi connectivity index (χ0v) is 17.1. The van der Waals surface area contributed by atoms with Crippen LogP contribution in [0.25, 0.3) is 36.9 Å². The van der Waals surface area contributed by atoms with E-state index >= 15 is 0 Å². The van der Waals surface area contributed by atoms with Crippen LogP contribution >= 0.6 is 11.3 Å². The highest BCUT2D eigenvalue weighted by molar-refractivity contribution is 7.26. The Hall–Kier alpha value is -2.58. The van der Waals surface area contributed by atoms with Gasteiger partial charge in [0.05, 0.1) is 15.7 Å². The second-order valence-corrected chi connectivity index (χ2v) is 8.66. The summed E-state index contributed by atoms with van der Waals surface area (Å²) in [5.41, 5.74) is 5.34. The molecule has 1 nitrogen and oxygen atoms in total. The van der Waals surface area contributed by atoms with Gasteiger partial charge in [0.2, 0.25) is 0 Å². The number of thiophene rings is 1. The Morgan fingerprint density at radius 3 is 2.32 bits per heavy atom. The maximum absolute atomic E-state index is 2.45. The molecule has 2 heterocycles. The van der Waals surface area contributed by atoms with Gasteiger partial charge in [-0.05, 0) is 42.7 Å². The van der Waals surface area contributed by atoms with Crippen LogP contribution in [0.3, 0.4) is 0 Å². The zero-order chi connectivity index (χ0) is 18.9. The van der Waals surface area contributed by atoms with E-state index in [1.165, 1.54) is 74.6 Å². The Balaban J connectivity index is 1.63. The number of nitrogens with zero attached hydrogens (tertiary/aromatic N) is 1. The number of unbranched alkanes of at least 4 members (excludes halogenated alkanes) is 3. The Kier molecular flexibility index (Phi) is 4.66. The highest BCUT2D eigenvalue weighted by Crippen LogP contribution is 2.42. The molecule has 0 amide bonds. The molecular weight excluding hydrogens is 358 g/mol. The van der Waals surface area contributed by atoms with Crippen molar-refractivity contribution < 1.29 is 0 Å². The second-order valence-electron chi connectivity index (χ2n) is 7.61. The summed E-state index contributed by atoms with van der Waals surface area (Å²) in [5.74, 6) is 0. The fourth-order valence-electron chi connectivity index (χ4n) is 4.25. The quantitative estimate of drug-likeness (QED) is 0.261. The zero-order valence-electron chi connectivity index (χ0n) is 16.3. The molecule has 0 saturated carbocycles. The Morgan fingerprint density at radius 1 is 0.750 bits per heavy atom. The summed E-state index contributed by atoms with van der Waals surface area (Å²) in [6.07, 6.45) is 6.45. The predicted octanol–water partition coefficient (Wildman–Crippen LogP) is 8.12. The van der Waals surface area contributed by atoms with Crippen LogP contribution in [-0.2, 0) is 6.42 Å². The molecule has 2 aromatic heterocycles. The minimum atomic E-state index is 1.18. The van der Waals surface area contributed by atoms with Crippen molar-refractivity contribution in [3.05, 3.63) is 78.4 Å². The second kappa shape index (κ2) is 7.44. The molecule has 5 aromatic rings. The highest BCUT2D eigenvalue weighted by Gasteiger charge is 2.16. The van der Waals surface area contributed by atoms with Crippen LogP contribution in [0.2, 0.25) is 0 Å². The van der Waals surface area contributed by atoms with Gasteiger partial charge in [-0.15, -0.1) is 11.3 Å². The summed E-state index contributed by atoms with van der Waals surface area (Å²) in [6.45, 7) is 2.27. The van der Waals surface area contributed by atoms with Gasteiger partial charge in [-0.1, -0.05) is 74.7 Å². The van der Waals surface area contributed by atoms with E-state index in [0.717, 1.165) is 0 Å². The van der Waals surface area contributed by atoms with Crippen LogP contribution in [0, 0.1) is 0 Å². The molecule has 5 rings (SSSR count). The van der Waals surface area contributed by atoms with E-state index < -0.39 is 0 Å². The summed E-state index contributed by atoms with van der Waals surface area (Å²) >= 11 is 1.90. The SMILES string of the molecule is CCCCCCc1ccc(-n2c3ccccc3c3sc4ccccc4c32)cc1. The number of benzene rings is 3. The monoisotopic (exact) mass is 383 g/mol. The molecular formula is C26H25NS. The van der Waals surface area contributed by atoms with E-state index in [1.54, 1.807) is 0 Å². The molecule has 0 bridgehead atoms. The van der Waals surface area contributed by atoms with Crippen LogP contribution in [0.1, 0.15) is 38.2 Å². The van der Waals surface area contributed by atoms with Crippen molar-refractivity contribution >= 4 is 42.5 Å². The number of para-hydroxylation sites is 1. The van der Waals surface area contributed by atoms with Gasteiger partial charge in [0.25, 0.3) is 0 Å². The molecule has 0 aliphatic heterocycles. The van der Waals surface area contributed by atoms with Crippen molar-refractivity contribution in [1.29, 1.82) is 0 Å². The van der Waals surface area contributed by atoms with Crippen molar-refractivity contribution in [1.82, 2.24) is 4.57 Å². The molecule has 0 unspecified atom stereocenters. The molecule has 0 radical (unpaired) electrons. The third kappa shape index (κ3) is 2.93. The first-order chi connectivity index (χ1) is 13.9. The van der Waals surface area contributed by atoms with E-state index in [9.17, 15) is 0 Å². The molecule has 3 aromatic carbocycles. The van der Waals surface area contributed by atoms with Crippen LogP contribution in [0.15, 0.2) is 72.8 Å². The van der Waals surface area contributed by atoms with Crippen LogP contribution < -0.4 is 0 Å². The molecule has 0 atom stereocenters. The number of aryl methyl sites for hydroxylation is 1. The summed E-state index contributed by atoms with van der Waals surface area (Å²) in [5, 5.41) is 2.70. The van der Waals surface area contributed by atoms with Gasteiger partial charge >= 0.3 is 0 Å². The van der Waals surface area contributed by atoms with E-state index in [-0.39, 0.29) is 0 Å². The lowest BCUT2D eigenvalue weighted by Gasteiger charge is -2.09. The normalized spacial score (nSPS) is 11.8. The summed E-state index contributed by atoms with van der Waals surface area (Å²) < 4.78 is 5.20. The smallest absolute Gasteiger partial charge is 0.0727 e. The largest absolute Gasteiger partial charge is 0.308 e. The van der Waals surface area contributed by atoms with Gasteiger partial charge in [0.15, 0.2) is 0 Å². The fraction of sp³-hybridized carbons (Fsp3) is 0.231. The maximum Gasteiger partial charge on any atom is 0.0727 e. The minimum Gasteiger partial charge on any atom is -0.308 e. The lowest BCUT2D eigenvalue weighted by molar-refractivity contribution is 0.667. The lowest BCUT2D eigenvalue weighted by atomic mass is 10.1. The molecule has 0 aliphatic rings. The molecule has 0 fully saturated rings. The summed E-state index contributed by atoms with van der Waals surface area (Å²) in [4.78, 5) is 0. The molecule has 0 N–H and O–H groups in total. The highest BCUT2D eigenvalue weighted by atomic mass is 32.1. The van der Waals surface area contributed by atoms with Gasteiger partial charge < -0.3 is 4.57 Å². The predicted molar refractivity (Wildman–Crippen MR) is 124 cm³/mol. The Labute approximate surface area is 170 Å². The third-order valence-corrected chi connectivity index (χ3v) is 6.89. The van der Waals surface area contributed by atoms with E-state index in [4.69, 9.17) is 0 Å². The molecule has 2 heteroatoms. The topological polar surface area (TPSA) is 4.93 Å². The first kappa shape index (κ1) is 17.5. The van der Waals surface area contributed by atoms with Gasteiger partial charge in [-0.3, -0.25) is 0 Å². The van der Waals surface area contributed by atoms with Crippen LogP contribution in [0.5, 0.6) is 0 Å². The lowest BCUT2D eigenvalue weighted by Crippen LogP contribution is -1.94. The first-order valence-electron chi connectivity index (χ1n) is 10.4. The van der Waals surface area contributed by atoms with Crippen LogP contribution in [0.4, 0.5) is 0 Å². The van der Waals surface area contributed by atoms with Gasteiger partial charge in [-0.2, -0.15) is 0 Å². The fourth-order valence-corrected chi connectivity index (χ4v) is 5.47. The molecule has 0 spiro atoms. The van der Waals surface area contributed by atoms with Gasteiger partial charge in [0, 0.05) is 21.2 Å². The van der Waals surface area contributed by atoms with E-state index in [2.05, 4.69) is 84.3 Å². The number of aromatic nitrogens is 1. The molecule has 28 heavy (non-hydrogen) atoms. The molecule has 140 valence electrons. The number of fused-ring (bicyclic) bond motifs is 5. The van der Waals surface area contributed by atoms with Gasteiger partial charge in [-0.25, -0.2) is 0 Å². The molecule has 0 aliphatic carbocycles. The van der Waals surface area contributed by atoms with Crippen molar-refractivity contribution in [2.45, 2.75) is 39.0 Å². The van der Waals surface area contributed by atoms with Crippen molar-refractivity contribution in [2.75, 3.05) is 0 Å². The van der Waals surface area contributed by atoms with Gasteiger partial charge in [0.1, 0.15) is 0 Å². The summed E-state index contributed by atoms with van der Waals surface area (Å²) in [6, 6.07) is 26.8. The Morgan fingerprint density at radius 2 is 1.50 bits per heavy atom. The number of rotatable bonds is 6. The minimum absolute atomic E-state index is 1.18. The average Bonchev–Trinajstić information content (AvgIpc) is 3.27. The van der Waals surface area contributed by atoms with Crippen molar-refractivity contribution in [3.8, 4) is 5.69 Å². The Bertz CT molecular complexity index is 1230. The van der Waals surface area contributed by atoms with Crippen LogP contribution in [-0.4, -0.2) is 4.57 Å². The third-order valence-electron chi connectivity index (χ3n) is 5.70. The standard InChI is InChI=1S/C26H25NS/c1-2-3-4-5-10-19-15-17-20(18-16-19)27-23-13-8-6-11-21(23)26-25(27)22-12-7-9-14-24(22)28-26/h6-9,11-18H,2-5,10H2,1H3. The first-order valence-corrected chi connectivity index (χ1v) is 11.2. The van der Waals surface area contributed by atoms with Crippen molar-refractivity contribution in [2.24, 2.45) is 0 Å². The van der Waals surface area contributed by atoms with E-state index in [1.807, 2.05) is 11.3 Å². The van der Waals surface area contributed by atoms with Crippen molar-refractivity contribution in [3.63, 3.8) is 0 Å². The summed E-state index contributed by atoms with van der Waals surface area (Å²) in [7, 11) is 0. The maximum atomic E-state index is 2.45. The average molecular weight is 384 g/mol. The number of hydrogen-bond acceptors (Lipinski definition) is 1.